The van der Waals surface area contributed by atoms with Crippen LogP contribution < -0.4 is 0 Å². The lowest BCUT2D eigenvalue weighted by Gasteiger charge is -2.19. The van der Waals surface area contributed by atoms with Crippen molar-refractivity contribution in [2.24, 2.45) is 10.4 Å². The summed E-state index contributed by atoms with van der Waals surface area (Å²) in [6, 6.07) is 0.714. The lowest BCUT2D eigenvalue weighted by molar-refractivity contribution is 0.366. The molecule has 2 aliphatic heterocycles. The van der Waals surface area contributed by atoms with Gasteiger partial charge in [0.1, 0.15) is 5.84 Å². The summed E-state index contributed by atoms with van der Waals surface area (Å²) in [5.74, 6) is 1.35. The molecule has 0 spiro atoms. The lowest BCUT2D eigenvalue weighted by Crippen LogP contribution is -2.30. The number of amidine groups is 1. The highest BCUT2D eigenvalue weighted by molar-refractivity contribution is 7.79. The van der Waals surface area contributed by atoms with E-state index in [0.29, 0.717) is 11.5 Å². The monoisotopic (exact) mass is 250 g/mol. The molecule has 1 fully saturated rings. The van der Waals surface area contributed by atoms with Gasteiger partial charge in [0.05, 0.1) is 6.54 Å². The van der Waals surface area contributed by atoms with Gasteiger partial charge in [-0.25, -0.2) is 0 Å². The average Bonchev–Trinajstić information content (AvgIpc) is 2.52. The van der Waals surface area contributed by atoms with E-state index < -0.39 is 10.4 Å². The van der Waals surface area contributed by atoms with Crippen LogP contribution in [0.25, 0.3) is 0 Å². The predicted molar refractivity (Wildman–Crippen MR) is 61.0 cm³/mol. The van der Waals surface area contributed by atoms with Crippen molar-refractivity contribution in [1.29, 1.82) is 0 Å². The fourth-order valence-corrected chi connectivity index (χ4v) is 2.43. The lowest BCUT2D eigenvalue weighted by atomic mass is 9.90. The molecule has 6 nitrogen and oxygen atoms in total. The standard InChI is InChI=1S/C9H16N2.H2O4S/c1-7-6-9(2,3)8-10-4-5-11(7)8;1-5(2,3)4/h7H,4-6H2,1-3H3;(H2,1,2,3,4). The van der Waals surface area contributed by atoms with Gasteiger partial charge in [-0.2, -0.15) is 8.42 Å². The SMILES string of the molecule is CC1CC(C)(C)C2=NCCN21.O=S(=O)(O)O. The largest absolute Gasteiger partial charge is 0.394 e. The first-order valence-electron chi connectivity index (χ1n) is 5.13. The van der Waals surface area contributed by atoms with Crippen molar-refractivity contribution >= 4 is 16.2 Å². The Morgan fingerprint density at radius 1 is 1.44 bits per heavy atom. The Hall–Kier alpha value is -0.660. The van der Waals surface area contributed by atoms with Crippen LogP contribution in [0.1, 0.15) is 27.2 Å². The Balaban J connectivity index is 0.000000221. The van der Waals surface area contributed by atoms with E-state index in [0.717, 1.165) is 13.1 Å². The van der Waals surface area contributed by atoms with Gasteiger partial charge in [0.2, 0.25) is 0 Å². The molecular weight excluding hydrogens is 232 g/mol. The van der Waals surface area contributed by atoms with Gasteiger partial charge in [-0.3, -0.25) is 14.1 Å². The number of aliphatic imine (C=N–C) groups is 1. The second-order valence-corrected chi connectivity index (χ2v) is 5.68. The van der Waals surface area contributed by atoms with Gasteiger partial charge < -0.3 is 4.90 Å². The van der Waals surface area contributed by atoms with Crippen LogP contribution in [0.5, 0.6) is 0 Å². The summed E-state index contributed by atoms with van der Waals surface area (Å²) in [7, 11) is -4.67. The molecule has 0 radical (unpaired) electrons. The van der Waals surface area contributed by atoms with Crippen LogP contribution in [0.4, 0.5) is 0 Å². The van der Waals surface area contributed by atoms with Crippen LogP contribution in [-0.4, -0.2) is 47.4 Å². The van der Waals surface area contributed by atoms with E-state index in [9.17, 15) is 0 Å². The van der Waals surface area contributed by atoms with E-state index in [-0.39, 0.29) is 0 Å². The predicted octanol–water partition coefficient (Wildman–Crippen LogP) is 0.866. The summed E-state index contributed by atoms with van der Waals surface area (Å²) < 4.78 is 31.6. The van der Waals surface area contributed by atoms with Gasteiger partial charge in [0.25, 0.3) is 0 Å². The molecule has 1 saturated heterocycles. The molecule has 16 heavy (non-hydrogen) atoms. The topological polar surface area (TPSA) is 90.2 Å². The van der Waals surface area contributed by atoms with Crippen molar-refractivity contribution < 1.29 is 17.5 Å². The summed E-state index contributed by atoms with van der Waals surface area (Å²) in [6.45, 7) is 9.07. The quantitative estimate of drug-likeness (QED) is 0.622. The first-order chi connectivity index (χ1) is 7.11. The summed E-state index contributed by atoms with van der Waals surface area (Å²) in [6.07, 6.45) is 1.27. The Morgan fingerprint density at radius 3 is 2.38 bits per heavy atom. The second-order valence-electron chi connectivity index (χ2n) is 4.78. The van der Waals surface area contributed by atoms with Crippen LogP contribution in [-0.2, 0) is 10.4 Å². The van der Waals surface area contributed by atoms with E-state index in [1.165, 1.54) is 12.3 Å². The van der Waals surface area contributed by atoms with Gasteiger partial charge in [0.15, 0.2) is 0 Å². The molecular formula is C9H18N2O4S. The van der Waals surface area contributed by atoms with Crippen LogP contribution in [0.3, 0.4) is 0 Å². The summed E-state index contributed by atoms with van der Waals surface area (Å²) >= 11 is 0. The molecule has 0 aromatic heterocycles. The third-order valence-electron chi connectivity index (χ3n) is 2.82. The molecule has 2 N–H and O–H groups in total. The van der Waals surface area contributed by atoms with E-state index in [1.807, 2.05) is 0 Å². The maximum absolute atomic E-state index is 8.74. The van der Waals surface area contributed by atoms with Gasteiger partial charge in [-0.15, -0.1) is 0 Å². The molecule has 0 aliphatic carbocycles. The Bertz CT molecular complexity index is 380. The van der Waals surface area contributed by atoms with Crippen molar-refractivity contribution in [2.75, 3.05) is 13.1 Å². The number of hydrogen-bond donors (Lipinski definition) is 2. The third-order valence-corrected chi connectivity index (χ3v) is 2.82. The van der Waals surface area contributed by atoms with Crippen molar-refractivity contribution in [3.05, 3.63) is 0 Å². The normalized spacial score (nSPS) is 26.9. The van der Waals surface area contributed by atoms with E-state index in [2.05, 4.69) is 30.7 Å². The smallest absolute Gasteiger partial charge is 0.355 e. The highest BCUT2D eigenvalue weighted by Gasteiger charge is 2.42. The van der Waals surface area contributed by atoms with Crippen LogP contribution in [0, 0.1) is 5.41 Å². The van der Waals surface area contributed by atoms with Crippen LogP contribution in [0.2, 0.25) is 0 Å². The van der Waals surface area contributed by atoms with Crippen LogP contribution >= 0.6 is 0 Å². The Labute approximate surface area is 95.9 Å². The molecule has 2 rings (SSSR count). The average molecular weight is 250 g/mol. The third kappa shape index (κ3) is 3.43. The highest BCUT2D eigenvalue weighted by atomic mass is 32.3. The summed E-state index contributed by atoms with van der Waals surface area (Å²) in [5, 5.41) is 0. The van der Waals surface area contributed by atoms with Gasteiger partial charge >= 0.3 is 10.4 Å². The van der Waals surface area contributed by atoms with E-state index >= 15 is 0 Å². The minimum atomic E-state index is -4.67. The number of rotatable bonds is 0. The van der Waals surface area contributed by atoms with Crippen molar-refractivity contribution in [3.8, 4) is 0 Å². The molecule has 0 amide bonds. The van der Waals surface area contributed by atoms with Crippen molar-refractivity contribution in [2.45, 2.75) is 33.2 Å². The van der Waals surface area contributed by atoms with Crippen molar-refractivity contribution in [1.82, 2.24) is 4.90 Å². The fourth-order valence-electron chi connectivity index (χ4n) is 2.43. The second kappa shape index (κ2) is 4.31. The van der Waals surface area contributed by atoms with Crippen molar-refractivity contribution in [3.63, 3.8) is 0 Å². The molecule has 2 aliphatic rings. The van der Waals surface area contributed by atoms with E-state index in [4.69, 9.17) is 17.5 Å². The van der Waals surface area contributed by atoms with E-state index in [1.54, 1.807) is 0 Å². The molecule has 94 valence electrons. The van der Waals surface area contributed by atoms with Gasteiger partial charge in [0, 0.05) is 18.0 Å². The number of nitrogens with zero attached hydrogens (tertiary/aromatic N) is 2. The molecule has 0 bridgehead atoms. The maximum Gasteiger partial charge on any atom is 0.394 e. The molecule has 1 atom stereocenters. The number of fused-ring (bicyclic) bond motifs is 1. The molecule has 0 aromatic rings. The zero-order valence-corrected chi connectivity index (χ0v) is 10.5. The summed E-state index contributed by atoms with van der Waals surface area (Å²) in [4.78, 5) is 7.00. The molecule has 0 saturated carbocycles. The molecule has 1 unspecified atom stereocenters. The minimum Gasteiger partial charge on any atom is -0.355 e. The zero-order chi connectivity index (χ0) is 12.6. The Morgan fingerprint density at radius 2 is 1.94 bits per heavy atom. The molecule has 7 heteroatoms. The number of hydrogen-bond acceptors (Lipinski definition) is 4. The maximum atomic E-state index is 8.74. The molecule has 0 aromatic carbocycles. The Kier molecular flexibility index (Phi) is 3.61. The highest BCUT2D eigenvalue weighted by Crippen LogP contribution is 2.37. The first-order valence-corrected chi connectivity index (χ1v) is 6.52. The minimum absolute atomic E-state index is 0.343. The first kappa shape index (κ1) is 13.4. The fraction of sp³-hybridized carbons (Fsp3) is 0.889. The molecule has 2 heterocycles. The zero-order valence-electron chi connectivity index (χ0n) is 9.71. The van der Waals surface area contributed by atoms with Gasteiger partial charge in [-0.05, 0) is 13.3 Å². The summed E-state index contributed by atoms with van der Waals surface area (Å²) in [5.41, 5.74) is 0.343. The van der Waals surface area contributed by atoms with Crippen LogP contribution in [0.15, 0.2) is 4.99 Å². The van der Waals surface area contributed by atoms with Gasteiger partial charge in [-0.1, -0.05) is 13.8 Å².